The molecule has 196 valence electrons. The molecule has 0 bridgehead atoms. The number of hydrogen-bond acceptors (Lipinski definition) is 7. The van der Waals surface area contributed by atoms with Crippen molar-refractivity contribution in [1.82, 2.24) is 0 Å². The minimum absolute atomic E-state index is 0. The number of hydrogen-bond donors (Lipinski definition) is 2. The van der Waals surface area contributed by atoms with E-state index in [0.29, 0.717) is 28.7 Å². The van der Waals surface area contributed by atoms with Crippen LogP contribution < -0.4 is 44.7 Å². The molecule has 4 aromatic rings. The second-order valence-corrected chi connectivity index (χ2v) is 10.3. The Morgan fingerprint density at radius 1 is 1.05 bits per heavy atom. The number of azo groups is 1. The average Bonchev–Trinajstić information content (AvgIpc) is 2.86. The smallest absolute Gasteiger partial charge is 0.870 e. The summed E-state index contributed by atoms with van der Waals surface area (Å²) in [5.41, 5.74) is 0.290. The maximum absolute atomic E-state index is 13.4. The number of amides is 1. The molecule has 4 aromatic carbocycles. The zero-order valence-corrected chi connectivity index (χ0v) is 25.4. The number of nitrogens with zero attached hydrogens (tertiary/aromatic N) is 2. The predicted molar refractivity (Wildman–Crippen MR) is 144 cm³/mol. The van der Waals surface area contributed by atoms with Gasteiger partial charge in [0.2, 0.25) is 0 Å². The van der Waals surface area contributed by atoms with E-state index < -0.39 is 26.7 Å². The van der Waals surface area contributed by atoms with Gasteiger partial charge < -0.3 is 15.2 Å². The van der Waals surface area contributed by atoms with E-state index in [1.54, 1.807) is 49.4 Å². The van der Waals surface area contributed by atoms with Crippen LogP contribution >= 0.6 is 23.2 Å². The molecule has 0 saturated carbocycles. The Bertz CT molecular complexity index is 1710. The average molecular weight is 596 g/mol. The number of nitrogens with one attached hydrogen (secondary N) is 1. The van der Waals surface area contributed by atoms with E-state index in [2.05, 4.69) is 15.5 Å². The van der Waals surface area contributed by atoms with Crippen molar-refractivity contribution in [2.75, 3.05) is 11.9 Å². The Hall–Kier alpha value is -2.70. The molecular weight excluding hydrogens is 576 g/mol. The van der Waals surface area contributed by atoms with Gasteiger partial charge in [-0.15, -0.1) is 0 Å². The molecule has 4 rings (SSSR count). The first-order chi connectivity index (χ1) is 18.0. The molecule has 0 unspecified atom stereocenters. The van der Waals surface area contributed by atoms with Crippen LogP contribution in [0.25, 0.3) is 10.8 Å². The molecule has 0 aliphatic carbocycles. The van der Waals surface area contributed by atoms with Gasteiger partial charge in [0.05, 0.1) is 33.6 Å². The van der Waals surface area contributed by atoms with Crippen molar-refractivity contribution in [3.05, 3.63) is 81.8 Å². The maximum Gasteiger partial charge on any atom is 1.00 e. The molecule has 2 N–H and O–H groups in total. The van der Waals surface area contributed by atoms with E-state index in [1.165, 1.54) is 6.07 Å². The molecule has 1 amide bonds. The van der Waals surface area contributed by atoms with Crippen molar-refractivity contribution in [2.45, 2.75) is 18.7 Å². The zero-order valence-electron chi connectivity index (χ0n) is 21.0. The normalized spacial score (nSPS) is 11.4. The van der Waals surface area contributed by atoms with Crippen LogP contribution in [-0.2, 0) is 10.1 Å². The van der Waals surface area contributed by atoms with Crippen LogP contribution in [-0.4, -0.2) is 25.5 Å². The first kappa shape index (κ1) is 30.8. The molecule has 0 atom stereocenters. The second-order valence-electron chi connectivity index (χ2n) is 8.08. The number of benzene rings is 4. The predicted octanol–water partition coefficient (Wildman–Crippen LogP) is 3.85. The molecular formula is C26H20Cl2N3NaO6S. The second kappa shape index (κ2) is 12.6. The molecule has 39 heavy (non-hydrogen) atoms. The Kier molecular flexibility index (Phi) is 10.0. The van der Waals surface area contributed by atoms with Gasteiger partial charge in [-0.25, -0.2) is 0 Å². The Morgan fingerprint density at radius 3 is 2.46 bits per heavy atom. The van der Waals surface area contributed by atoms with Crippen LogP contribution in [0.4, 0.5) is 17.1 Å². The van der Waals surface area contributed by atoms with Crippen LogP contribution in [0.2, 0.25) is 10.0 Å². The number of fused-ring (bicyclic) bond motifs is 1. The van der Waals surface area contributed by atoms with Crippen molar-refractivity contribution < 1.29 is 57.2 Å². The summed E-state index contributed by atoms with van der Waals surface area (Å²) >= 11 is 12.3. The van der Waals surface area contributed by atoms with E-state index in [9.17, 15) is 22.9 Å². The van der Waals surface area contributed by atoms with Crippen molar-refractivity contribution in [1.29, 1.82) is 0 Å². The minimum Gasteiger partial charge on any atom is -0.870 e. The number of rotatable bonds is 7. The van der Waals surface area contributed by atoms with E-state index in [-0.39, 0.29) is 62.2 Å². The number of ether oxygens (including phenoxy) is 1. The van der Waals surface area contributed by atoms with Crippen molar-refractivity contribution >= 4 is 67.1 Å². The van der Waals surface area contributed by atoms with E-state index in [0.717, 1.165) is 12.1 Å². The Balaban J connectivity index is 0.00000420. The van der Waals surface area contributed by atoms with Crippen molar-refractivity contribution in [3.63, 3.8) is 0 Å². The maximum atomic E-state index is 13.4. The van der Waals surface area contributed by atoms with Gasteiger partial charge in [-0.3, -0.25) is 9.35 Å². The number of carbonyl (C=O) groups excluding carboxylic acids is 1. The van der Waals surface area contributed by atoms with Gasteiger partial charge in [0.1, 0.15) is 5.75 Å². The van der Waals surface area contributed by atoms with Crippen LogP contribution in [0.1, 0.15) is 22.8 Å². The quantitative estimate of drug-likeness (QED) is 0.189. The Labute approximate surface area is 256 Å². The summed E-state index contributed by atoms with van der Waals surface area (Å²) < 4.78 is 38.1. The van der Waals surface area contributed by atoms with Gasteiger partial charge >= 0.3 is 29.6 Å². The number of anilines is 1. The van der Waals surface area contributed by atoms with Gasteiger partial charge in [-0.05, 0) is 55.1 Å². The van der Waals surface area contributed by atoms with E-state index in [4.69, 9.17) is 27.9 Å². The largest absolute Gasteiger partial charge is 1.00 e. The summed E-state index contributed by atoms with van der Waals surface area (Å²) in [7, 11) is -4.57. The molecule has 0 spiro atoms. The SMILES string of the molecule is CCOc1ccc(Cl)c(NC(=O)c2cc3ccccc3c(N=Nc3cc(S(=O)(=O)O)cc(Cl)c3C)c2[O-])c1.[Na+]. The van der Waals surface area contributed by atoms with Gasteiger partial charge in [0, 0.05) is 22.0 Å². The fourth-order valence-corrected chi connectivity index (χ4v) is 4.59. The van der Waals surface area contributed by atoms with E-state index >= 15 is 0 Å². The molecule has 0 heterocycles. The third-order valence-corrected chi connectivity index (χ3v) is 7.12. The number of halogens is 2. The molecule has 0 radical (unpaired) electrons. The van der Waals surface area contributed by atoms with Crippen LogP contribution in [0.3, 0.4) is 0 Å². The molecule has 0 aliphatic heterocycles. The monoisotopic (exact) mass is 595 g/mol. The number of carbonyl (C=O) groups is 1. The summed E-state index contributed by atoms with van der Waals surface area (Å²) in [6.07, 6.45) is 0. The first-order valence-corrected chi connectivity index (χ1v) is 13.3. The summed E-state index contributed by atoms with van der Waals surface area (Å²) in [5.74, 6) is -0.944. The first-order valence-electron chi connectivity index (χ1n) is 11.2. The fourth-order valence-electron chi connectivity index (χ4n) is 3.62. The molecule has 0 fully saturated rings. The molecule has 0 aromatic heterocycles. The third kappa shape index (κ3) is 6.90. The minimum atomic E-state index is -4.57. The Morgan fingerprint density at radius 2 is 1.77 bits per heavy atom. The fraction of sp³-hybridized carbons (Fsp3) is 0.115. The third-order valence-electron chi connectivity index (χ3n) is 5.56. The van der Waals surface area contributed by atoms with Gasteiger partial charge in [0.15, 0.2) is 0 Å². The standard InChI is InChI=1S/C26H21Cl2N3O6S.Na/c1-3-37-16-8-9-20(27)23(11-16)29-26(33)19-10-15-6-4-5-7-18(15)24(25(19)32)31-30-22-13-17(38(34,35)36)12-21(28)14(22)2;/h4-13,32H,3H2,1-2H3,(H,29,33)(H,34,35,36);/q;+1/p-1. The van der Waals surface area contributed by atoms with Gasteiger partial charge in [-0.1, -0.05) is 53.2 Å². The van der Waals surface area contributed by atoms with Crippen molar-refractivity contribution in [3.8, 4) is 11.5 Å². The molecule has 13 heteroatoms. The summed E-state index contributed by atoms with van der Waals surface area (Å²) in [5, 5.41) is 25.4. The zero-order chi connectivity index (χ0) is 27.6. The summed E-state index contributed by atoms with van der Waals surface area (Å²) in [6.45, 7) is 3.80. The summed E-state index contributed by atoms with van der Waals surface area (Å²) in [4.78, 5) is 12.7. The van der Waals surface area contributed by atoms with Crippen molar-refractivity contribution in [2.24, 2.45) is 10.2 Å². The van der Waals surface area contributed by atoms with Gasteiger partial charge in [0.25, 0.3) is 16.0 Å². The summed E-state index contributed by atoms with van der Waals surface area (Å²) in [6, 6.07) is 15.1. The topological polar surface area (TPSA) is 140 Å². The molecule has 0 aliphatic rings. The molecule has 0 saturated heterocycles. The van der Waals surface area contributed by atoms with E-state index in [1.807, 2.05) is 6.92 Å². The van der Waals surface area contributed by atoms with Crippen LogP contribution in [0.15, 0.2) is 75.8 Å². The van der Waals surface area contributed by atoms with Crippen LogP contribution in [0, 0.1) is 6.92 Å². The molecule has 9 nitrogen and oxygen atoms in total. The van der Waals surface area contributed by atoms with Crippen LogP contribution in [0.5, 0.6) is 11.5 Å². The van der Waals surface area contributed by atoms with Gasteiger partial charge in [-0.2, -0.15) is 18.6 Å².